The summed E-state index contributed by atoms with van der Waals surface area (Å²) in [5, 5.41) is 3.50. The molecule has 1 unspecified atom stereocenters. The smallest absolute Gasteiger partial charge is 0.410 e. The van der Waals surface area contributed by atoms with E-state index in [9.17, 15) is 4.79 Å². The fourth-order valence-electron chi connectivity index (χ4n) is 4.08. The number of piperidine rings is 1. The number of aliphatic imine (C=N–C) groups is 1. The van der Waals surface area contributed by atoms with E-state index in [1.54, 1.807) is 0 Å². The molecule has 1 atom stereocenters. The zero-order chi connectivity index (χ0) is 21.3. The summed E-state index contributed by atoms with van der Waals surface area (Å²) < 4.78 is 11.0. The van der Waals surface area contributed by atoms with E-state index in [0.717, 1.165) is 64.1 Å². The number of hydrogen-bond acceptors (Lipinski definition) is 4. The fourth-order valence-corrected chi connectivity index (χ4v) is 4.08. The Kier molecular flexibility index (Phi) is 9.53. The van der Waals surface area contributed by atoms with Gasteiger partial charge in [0.05, 0.1) is 0 Å². The Morgan fingerprint density at radius 3 is 2.59 bits per heavy atom. The molecule has 2 aliphatic rings. The highest BCUT2D eigenvalue weighted by molar-refractivity contribution is 5.79. The molecule has 0 aromatic rings. The predicted octanol–water partition coefficient (Wildman–Crippen LogP) is 3.35. The van der Waals surface area contributed by atoms with Gasteiger partial charge in [0, 0.05) is 53.5 Å². The van der Waals surface area contributed by atoms with E-state index < -0.39 is 5.60 Å². The molecule has 2 heterocycles. The van der Waals surface area contributed by atoms with E-state index >= 15 is 0 Å². The van der Waals surface area contributed by atoms with Crippen LogP contribution >= 0.6 is 0 Å². The zero-order valence-electron chi connectivity index (χ0n) is 19.2. The second kappa shape index (κ2) is 11.6. The topological polar surface area (TPSA) is 66.4 Å². The molecule has 168 valence electrons. The fraction of sp³-hybridized carbons (Fsp3) is 0.909. The molecule has 2 aliphatic heterocycles. The van der Waals surface area contributed by atoms with E-state index in [2.05, 4.69) is 22.3 Å². The summed E-state index contributed by atoms with van der Waals surface area (Å²) in [4.78, 5) is 20.9. The summed E-state index contributed by atoms with van der Waals surface area (Å²) in [7, 11) is 3.96. The third-order valence-corrected chi connectivity index (χ3v) is 5.79. The van der Waals surface area contributed by atoms with Gasteiger partial charge in [-0.15, -0.1) is 0 Å². The van der Waals surface area contributed by atoms with E-state index in [1.807, 2.05) is 32.7 Å². The maximum absolute atomic E-state index is 12.3. The molecule has 2 fully saturated rings. The first kappa shape index (κ1) is 23.8. The highest BCUT2D eigenvalue weighted by Gasteiger charge is 2.27. The number of rotatable bonds is 6. The predicted molar refractivity (Wildman–Crippen MR) is 117 cm³/mol. The lowest BCUT2D eigenvalue weighted by Gasteiger charge is -2.34. The van der Waals surface area contributed by atoms with Crippen molar-refractivity contribution in [3.8, 4) is 0 Å². The van der Waals surface area contributed by atoms with Crippen LogP contribution in [-0.2, 0) is 9.47 Å². The van der Waals surface area contributed by atoms with Gasteiger partial charge in [-0.25, -0.2) is 4.79 Å². The minimum atomic E-state index is -0.437. The van der Waals surface area contributed by atoms with Crippen molar-refractivity contribution in [2.24, 2.45) is 16.8 Å². The number of likely N-dealkylation sites (tertiary alicyclic amines) is 1. The van der Waals surface area contributed by atoms with Gasteiger partial charge in [-0.05, 0) is 71.1 Å². The van der Waals surface area contributed by atoms with Crippen LogP contribution in [0.3, 0.4) is 0 Å². The molecule has 0 saturated carbocycles. The second-order valence-electron chi connectivity index (χ2n) is 9.46. The molecule has 1 N–H and O–H groups in total. The van der Waals surface area contributed by atoms with Crippen molar-refractivity contribution in [2.45, 2.75) is 64.9 Å². The SMILES string of the molecule is CN=C(NCCC1CCCN(C(=O)OC(C)(C)C)C1)N(C)CCC1CCOCC1. The van der Waals surface area contributed by atoms with Crippen molar-refractivity contribution in [2.75, 3.05) is 53.5 Å². The van der Waals surface area contributed by atoms with Crippen LogP contribution in [0.25, 0.3) is 0 Å². The number of carbonyl (C=O) groups is 1. The quantitative estimate of drug-likeness (QED) is 0.537. The van der Waals surface area contributed by atoms with Crippen LogP contribution in [0.5, 0.6) is 0 Å². The van der Waals surface area contributed by atoms with E-state index in [4.69, 9.17) is 9.47 Å². The summed E-state index contributed by atoms with van der Waals surface area (Å²) >= 11 is 0. The van der Waals surface area contributed by atoms with Crippen LogP contribution in [0.2, 0.25) is 0 Å². The molecule has 0 radical (unpaired) electrons. The lowest BCUT2D eigenvalue weighted by Crippen LogP contribution is -2.44. The number of nitrogens with one attached hydrogen (secondary N) is 1. The van der Waals surface area contributed by atoms with E-state index in [-0.39, 0.29) is 6.09 Å². The first-order valence-electron chi connectivity index (χ1n) is 11.3. The normalized spacial score (nSPS) is 21.8. The minimum absolute atomic E-state index is 0.182. The number of hydrogen-bond donors (Lipinski definition) is 1. The van der Waals surface area contributed by atoms with Gasteiger partial charge in [-0.3, -0.25) is 4.99 Å². The van der Waals surface area contributed by atoms with Crippen LogP contribution in [0.4, 0.5) is 4.79 Å². The van der Waals surface area contributed by atoms with Crippen LogP contribution < -0.4 is 5.32 Å². The van der Waals surface area contributed by atoms with Gasteiger partial charge >= 0.3 is 6.09 Å². The molecule has 2 saturated heterocycles. The van der Waals surface area contributed by atoms with Gasteiger partial charge in [0.2, 0.25) is 0 Å². The molecule has 0 aromatic heterocycles. The van der Waals surface area contributed by atoms with Gasteiger partial charge in [0.1, 0.15) is 5.60 Å². The number of nitrogens with zero attached hydrogens (tertiary/aromatic N) is 3. The summed E-state index contributed by atoms with van der Waals surface area (Å²) in [6, 6.07) is 0. The highest BCUT2D eigenvalue weighted by Crippen LogP contribution is 2.21. The average molecular weight is 411 g/mol. The molecule has 2 rings (SSSR count). The van der Waals surface area contributed by atoms with Gasteiger partial charge in [0.25, 0.3) is 0 Å². The standard InChI is InChI=1S/C22H42N4O3/c1-22(2,3)29-21(27)26-13-6-7-19(17-26)8-12-24-20(23-4)25(5)14-9-18-10-15-28-16-11-18/h18-19H,6-17H2,1-5H3,(H,23,24). The summed E-state index contributed by atoms with van der Waals surface area (Å²) in [6.45, 7) is 11.0. The van der Waals surface area contributed by atoms with Crippen LogP contribution in [0, 0.1) is 11.8 Å². The molecule has 7 nitrogen and oxygen atoms in total. The summed E-state index contributed by atoms with van der Waals surface area (Å²) in [5.74, 6) is 2.23. The summed E-state index contributed by atoms with van der Waals surface area (Å²) in [6.07, 6.45) is 6.60. The second-order valence-corrected chi connectivity index (χ2v) is 9.46. The molecule has 0 spiro atoms. The molecule has 0 aliphatic carbocycles. The Bertz CT molecular complexity index is 527. The lowest BCUT2D eigenvalue weighted by atomic mass is 9.95. The Morgan fingerprint density at radius 2 is 1.93 bits per heavy atom. The molecule has 0 aromatic carbocycles. The van der Waals surface area contributed by atoms with Crippen molar-refractivity contribution in [1.82, 2.24) is 15.1 Å². The monoisotopic (exact) mass is 410 g/mol. The largest absolute Gasteiger partial charge is 0.444 e. The van der Waals surface area contributed by atoms with Crippen LogP contribution in [-0.4, -0.2) is 80.9 Å². The number of carbonyl (C=O) groups excluding carboxylic acids is 1. The van der Waals surface area contributed by atoms with Crippen molar-refractivity contribution < 1.29 is 14.3 Å². The molecule has 0 bridgehead atoms. The summed E-state index contributed by atoms with van der Waals surface area (Å²) in [5.41, 5.74) is -0.437. The van der Waals surface area contributed by atoms with Crippen molar-refractivity contribution in [1.29, 1.82) is 0 Å². The Balaban J connectivity index is 1.69. The van der Waals surface area contributed by atoms with Crippen LogP contribution in [0.15, 0.2) is 4.99 Å². The molecule has 29 heavy (non-hydrogen) atoms. The van der Waals surface area contributed by atoms with E-state index in [1.165, 1.54) is 25.7 Å². The van der Waals surface area contributed by atoms with Crippen molar-refractivity contribution in [3.63, 3.8) is 0 Å². The first-order valence-corrected chi connectivity index (χ1v) is 11.3. The van der Waals surface area contributed by atoms with Gasteiger partial charge in [-0.1, -0.05) is 0 Å². The Labute approximate surface area is 177 Å². The lowest BCUT2D eigenvalue weighted by molar-refractivity contribution is 0.0162. The Morgan fingerprint density at radius 1 is 1.21 bits per heavy atom. The maximum Gasteiger partial charge on any atom is 0.410 e. The zero-order valence-corrected chi connectivity index (χ0v) is 19.2. The number of amides is 1. The van der Waals surface area contributed by atoms with E-state index in [0.29, 0.717) is 5.92 Å². The number of ether oxygens (including phenoxy) is 2. The minimum Gasteiger partial charge on any atom is -0.444 e. The highest BCUT2D eigenvalue weighted by atomic mass is 16.6. The first-order chi connectivity index (χ1) is 13.8. The van der Waals surface area contributed by atoms with Crippen molar-refractivity contribution >= 4 is 12.1 Å². The molecule has 1 amide bonds. The van der Waals surface area contributed by atoms with Gasteiger partial charge < -0.3 is 24.6 Å². The van der Waals surface area contributed by atoms with Crippen molar-refractivity contribution in [3.05, 3.63) is 0 Å². The molecular weight excluding hydrogens is 368 g/mol. The van der Waals surface area contributed by atoms with Gasteiger partial charge in [-0.2, -0.15) is 0 Å². The Hall–Kier alpha value is -1.50. The van der Waals surface area contributed by atoms with Gasteiger partial charge in [0.15, 0.2) is 5.96 Å². The average Bonchev–Trinajstić information content (AvgIpc) is 2.69. The third-order valence-electron chi connectivity index (χ3n) is 5.79. The van der Waals surface area contributed by atoms with Crippen LogP contribution in [0.1, 0.15) is 59.3 Å². The molecular formula is C22H42N4O3. The number of guanidine groups is 1. The maximum atomic E-state index is 12.3. The third kappa shape index (κ3) is 8.81. The molecule has 7 heteroatoms.